The zero-order chi connectivity index (χ0) is 38.9. The summed E-state index contributed by atoms with van der Waals surface area (Å²) in [5.41, 5.74) is 21.3. The largest absolute Gasteiger partial charge is 0.464 e. The molecule has 0 spiro atoms. The quantitative estimate of drug-likeness (QED) is 0.309. The number of esters is 1. The van der Waals surface area contributed by atoms with Crippen molar-refractivity contribution in [1.82, 2.24) is 24.7 Å². The van der Waals surface area contributed by atoms with E-state index in [4.69, 9.17) is 25.9 Å². The number of amides is 1. The van der Waals surface area contributed by atoms with Crippen molar-refractivity contribution in [2.75, 3.05) is 71.0 Å². The number of carbonyl (C=O) groups is 2. The first-order chi connectivity index (χ1) is 26.5. The number of nitrogens with zero attached hydrogens (tertiary/aromatic N) is 5. The first-order valence-corrected chi connectivity index (χ1v) is 20.5. The molecular formula is C43H62N8O4. The van der Waals surface area contributed by atoms with Gasteiger partial charge in [0.1, 0.15) is 6.04 Å². The van der Waals surface area contributed by atoms with Crippen molar-refractivity contribution in [1.29, 1.82) is 0 Å². The fourth-order valence-corrected chi connectivity index (χ4v) is 8.70. The standard InChI is InChI=1S/C43H62N8O4/c1-6-51-38-14-11-29-21-33(38)35(40(51)34-22-32(24-47-39(34)28(2)54-5)50-19-17-49(18-20-50)31-12-13-31)23-43(3,4)27-55-42(53)36(44)10-7-15-46-41(52)37(45)26-48-16-8-9-30(29)25-48/h9,11,14,21-22,24,28,31,36-37H,6-8,10,12-13,15-20,23,25-27,44-45H2,1-5H3,(H,46,52)/t28-,36-,37-/m0/s1. The third kappa shape index (κ3) is 8.78. The molecule has 5 N–H and O–H groups in total. The lowest BCUT2D eigenvalue weighted by molar-refractivity contribution is -0.148. The first-order valence-electron chi connectivity index (χ1n) is 20.5. The van der Waals surface area contributed by atoms with Gasteiger partial charge in [0, 0.05) is 93.9 Å². The predicted octanol–water partition coefficient (Wildman–Crippen LogP) is 4.48. The Morgan fingerprint density at radius 2 is 1.84 bits per heavy atom. The number of aryl methyl sites for hydroxylation is 1. The molecule has 55 heavy (non-hydrogen) atoms. The highest BCUT2D eigenvalue weighted by atomic mass is 16.5. The second-order valence-corrected chi connectivity index (χ2v) is 16.9. The summed E-state index contributed by atoms with van der Waals surface area (Å²) in [7, 11) is 1.75. The van der Waals surface area contributed by atoms with Crippen molar-refractivity contribution in [2.24, 2.45) is 16.9 Å². The van der Waals surface area contributed by atoms with Crippen LogP contribution in [0.2, 0.25) is 0 Å². The van der Waals surface area contributed by atoms with E-state index in [-0.39, 0.29) is 18.6 Å². The van der Waals surface area contributed by atoms with Gasteiger partial charge in [-0.3, -0.25) is 24.4 Å². The zero-order valence-corrected chi connectivity index (χ0v) is 33.6. The van der Waals surface area contributed by atoms with Crippen molar-refractivity contribution in [2.45, 2.75) is 97.0 Å². The molecule has 1 aliphatic carbocycles. The van der Waals surface area contributed by atoms with E-state index in [2.05, 4.69) is 82.6 Å². The van der Waals surface area contributed by atoms with Gasteiger partial charge >= 0.3 is 5.97 Å². The Morgan fingerprint density at radius 1 is 1.05 bits per heavy atom. The number of carbonyl (C=O) groups excluding carboxylic acids is 2. The molecule has 2 aromatic heterocycles. The van der Waals surface area contributed by atoms with E-state index in [0.29, 0.717) is 32.4 Å². The van der Waals surface area contributed by atoms with E-state index in [0.717, 1.165) is 92.0 Å². The summed E-state index contributed by atoms with van der Waals surface area (Å²) in [5.74, 6) is -0.615. The lowest BCUT2D eigenvalue weighted by atomic mass is 9.84. The van der Waals surface area contributed by atoms with Gasteiger partial charge in [-0.15, -0.1) is 0 Å². The van der Waals surface area contributed by atoms with Crippen LogP contribution in [0.1, 0.15) is 82.7 Å². The van der Waals surface area contributed by atoms with E-state index in [9.17, 15) is 9.59 Å². The lowest BCUT2D eigenvalue weighted by Gasteiger charge is -2.36. The number of nitrogens with one attached hydrogen (secondary N) is 1. The highest BCUT2D eigenvalue weighted by Gasteiger charge is 2.33. The monoisotopic (exact) mass is 754 g/mol. The first kappa shape index (κ1) is 39.4. The van der Waals surface area contributed by atoms with Gasteiger partial charge in [0.2, 0.25) is 5.91 Å². The Hall–Kier alpha value is -3.81. The maximum Gasteiger partial charge on any atom is 0.322 e. The van der Waals surface area contributed by atoms with Crippen molar-refractivity contribution < 1.29 is 19.1 Å². The number of ether oxygens (including phenoxy) is 2. The summed E-state index contributed by atoms with van der Waals surface area (Å²) < 4.78 is 14.3. The molecule has 2 fully saturated rings. The van der Waals surface area contributed by atoms with Crippen LogP contribution in [-0.4, -0.2) is 115 Å². The maximum atomic E-state index is 13.2. The van der Waals surface area contributed by atoms with Gasteiger partial charge in [-0.2, -0.15) is 0 Å². The highest BCUT2D eigenvalue weighted by molar-refractivity contribution is 5.95. The summed E-state index contributed by atoms with van der Waals surface area (Å²) in [6.07, 6.45) is 9.29. The van der Waals surface area contributed by atoms with E-state index in [1.807, 2.05) is 6.20 Å². The Morgan fingerprint density at radius 3 is 2.56 bits per heavy atom. The summed E-state index contributed by atoms with van der Waals surface area (Å²) in [6, 6.07) is 8.51. The number of anilines is 1. The van der Waals surface area contributed by atoms with Gasteiger partial charge in [0.25, 0.3) is 0 Å². The van der Waals surface area contributed by atoms with Crippen LogP contribution >= 0.6 is 0 Å². The fraction of sp³-hybridized carbons (Fsp3) is 0.605. The number of methoxy groups -OCH3 is 1. The van der Waals surface area contributed by atoms with Crippen molar-refractivity contribution >= 4 is 34.0 Å². The van der Waals surface area contributed by atoms with E-state index < -0.39 is 23.5 Å². The van der Waals surface area contributed by atoms with Crippen molar-refractivity contribution in [3.63, 3.8) is 0 Å². The minimum atomic E-state index is -0.774. The molecule has 0 radical (unpaired) electrons. The smallest absolute Gasteiger partial charge is 0.322 e. The average molecular weight is 755 g/mol. The maximum absolute atomic E-state index is 13.2. The van der Waals surface area contributed by atoms with E-state index in [1.165, 1.54) is 29.4 Å². The predicted molar refractivity (Wildman–Crippen MR) is 219 cm³/mol. The minimum Gasteiger partial charge on any atom is -0.464 e. The lowest BCUT2D eigenvalue weighted by Crippen LogP contribution is -2.49. The molecule has 3 aliphatic heterocycles. The Kier molecular flexibility index (Phi) is 12.0. The molecule has 1 saturated heterocycles. The van der Waals surface area contributed by atoms with Crippen LogP contribution in [0, 0.1) is 5.41 Å². The molecule has 7 rings (SSSR count). The van der Waals surface area contributed by atoms with Gasteiger partial charge in [-0.05, 0) is 87.3 Å². The van der Waals surface area contributed by atoms with Crippen LogP contribution in [0.3, 0.4) is 0 Å². The Labute approximate surface area is 326 Å². The SMILES string of the molecule is CCn1c(-c2cc(N3CCN(C4CC4)CC3)cnc2[C@H](C)OC)c2c3cc(ccc31)C1=CCCN(C1)C[C@H](N)C(=O)NCCC[C@H](N)C(=O)OCC(C)(C)C2. The van der Waals surface area contributed by atoms with Crippen LogP contribution in [0.5, 0.6) is 0 Å². The molecule has 3 aromatic rings. The molecule has 4 bridgehead atoms. The fourth-order valence-electron chi connectivity index (χ4n) is 8.70. The molecule has 12 nitrogen and oxygen atoms in total. The van der Waals surface area contributed by atoms with Crippen LogP contribution in [0.4, 0.5) is 5.69 Å². The molecule has 5 heterocycles. The molecule has 4 aliphatic rings. The normalized spacial score (nSPS) is 25.3. The Bertz CT molecular complexity index is 1890. The number of cyclic esters (lactones) is 1. The molecular weight excluding hydrogens is 693 g/mol. The van der Waals surface area contributed by atoms with Gasteiger partial charge in [0.15, 0.2) is 0 Å². The highest BCUT2D eigenvalue weighted by Crippen LogP contribution is 2.43. The molecule has 4 atom stereocenters. The molecule has 1 aromatic carbocycles. The number of hydrogen-bond donors (Lipinski definition) is 3. The molecule has 1 amide bonds. The molecule has 12 heteroatoms. The van der Waals surface area contributed by atoms with Crippen molar-refractivity contribution in [3.8, 4) is 11.3 Å². The number of fused-ring (bicyclic) bond motifs is 4. The molecule has 1 unspecified atom stereocenters. The number of pyridine rings is 1. The number of nitrogens with two attached hydrogens (primary N) is 2. The van der Waals surface area contributed by atoms with Gasteiger partial charge in [-0.25, -0.2) is 0 Å². The summed E-state index contributed by atoms with van der Waals surface area (Å²) in [4.78, 5) is 38.6. The third-order valence-electron chi connectivity index (χ3n) is 12.1. The summed E-state index contributed by atoms with van der Waals surface area (Å²) in [6.45, 7) is 16.1. The third-order valence-corrected chi connectivity index (χ3v) is 12.1. The van der Waals surface area contributed by atoms with Crippen LogP contribution < -0.4 is 21.7 Å². The Balaban J connectivity index is 1.34. The average Bonchev–Trinajstić information content (AvgIpc) is 4.00. The number of aromatic nitrogens is 2. The second kappa shape index (κ2) is 16.7. The summed E-state index contributed by atoms with van der Waals surface area (Å²) >= 11 is 0. The number of hydrogen-bond acceptors (Lipinski definition) is 10. The topological polar surface area (TPSA) is 144 Å². The molecule has 298 valence electrons. The van der Waals surface area contributed by atoms with E-state index >= 15 is 0 Å². The number of piperazine rings is 1. The number of benzene rings is 1. The van der Waals surface area contributed by atoms with Crippen LogP contribution in [-0.2, 0) is 32.0 Å². The van der Waals surface area contributed by atoms with Gasteiger partial charge in [-0.1, -0.05) is 26.0 Å². The van der Waals surface area contributed by atoms with Gasteiger partial charge < -0.3 is 35.7 Å². The minimum absolute atomic E-state index is 0.191. The van der Waals surface area contributed by atoms with Crippen LogP contribution in [0.25, 0.3) is 27.7 Å². The second-order valence-electron chi connectivity index (χ2n) is 16.9. The van der Waals surface area contributed by atoms with Gasteiger partial charge in [0.05, 0.1) is 42.0 Å². The number of rotatable bonds is 6. The summed E-state index contributed by atoms with van der Waals surface area (Å²) in [5, 5.41) is 4.11. The van der Waals surface area contributed by atoms with Crippen molar-refractivity contribution in [3.05, 3.63) is 53.4 Å². The molecule has 1 saturated carbocycles. The van der Waals surface area contributed by atoms with Crippen LogP contribution in [0.15, 0.2) is 36.5 Å². The van der Waals surface area contributed by atoms with E-state index in [1.54, 1.807) is 7.11 Å². The zero-order valence-electron chi connectivity index (χ0n) is 33.6.